The molecule has 1 N–H and O–H groups in total. The number of hydrogen-bond donors (Lipinski definition) is 1. The second-order valence-electron chi connectivity index (χ2n) is 9.20. The molecule has 40 heavy (non-hydrogen) atoms. The number of sulfonamides is 1. The number of likely N-dealkylation sites (N-methyl/N-ethyl adjacent to an activating group) is 1. The van der Waals surface area contributed by atoms with Crippen LogP contribution >= 0.6 is 11.8 Å². The lowest BCUT2D eigenvalue weighted by atomic mass is 10.1. The predicted molar refractivity (Wildman–Crippen MR) is 160 cm³/mol. The summed E-state index contributed by atoms with van der Waals surface area (Å²) in [6.07, 6.45) is 1.91. The first-order chi connectivity index (χ1) is 19.1. The molecule has 0 saturated carbocycles. The quantitative estimate of drug-likeness (QED) is 0.289. The summed E-state index contributed by atoms with van der Waals surface area (Å²) in [5, 5.41) is 2.77. The fraction of sp³-hybridized carbons (Fsp3) is 0.333. The van der Waals surface area contributed by atoms with Gasteiger partial charge in [0.05, 0.1) is 17.2 Å². The second kappa shape index (κ2) is 14.2. The van der Waals surface area contributed by atoms with Crippen molar-refractivity contribution >= 4 is 39.3 Å². The Morgan fingerprint density at radius 2 is 1.68 bits per heavy atom. The highest BCUT2D eigenvalue weighted by Gasteiger charge is 2.32. The Morgan fingerprint density at radius 3 is 2.25 bits per heavy atom. The molecule has 1 atom stereocenters. The van der Waals surface area contributed by atoms with Gasteiger partial charge in [0.2, 0.25) is 11.8 Å². The minimum absolute atomic E-state index is 0.0639. The van der Waals surface area contributed by atoms with Crippen LogP contribution in [0.25, 0.3) is 0 Å². The van der Waals surface area contributed by atoms with Gasteiger partial charge in [-0.3, -0.25) is 13.9 Å². The fourth-order valence-electron chi connectivity index (χ4n) is 4.19. The standard InChI is InChI=1S/C30H37N3O5S2/c1-6-31-30(35)23(4)32(20-24-10-8-9-22(3)19-24)29(34)21-33(25-11-13-26(14-12-25)38-7-2)40(36,37)28-17-15-27(39-5)16-18-28/h8-19,23H,6-7,20-21H2,1-5H3,(H,31,35)/t23-/m1/s1. The van der Waals surface area contributed by atoms with Gasteiger partial charge in [-0.2, -0.15) is 0 Å². The minimum Gasteiger partial charge on any atom is -0.494 e. The number of rotatable bonds is 13. The fourth-order valence-corrected chi connectivity index (χ4v) is 6.01. The highest BCUT2D eigenvalue weighted by atomic mass is 32.2. The summed E-state index contributed by atoms with van der Waals surface area (Å²) in [6.45, 7) is 7.80. The molecular formula is C30H37N3O5S2. The molecule has 0 aliphatic heterocycles. The van der Waals surface area contributed by atoms with Crippen molar-refractivity contribution in [3.8, 4) is 5.75 Å². The summed E-state index contributed by atoms with van der Waals surface area (Å²) in [6, 6.07) is 20.0. The van der Waals surface area contributed by atoms with Gasteiger partial charge in [0.1, 0.15) is 18.3 Å². The van der Waals surface area contributed by atoms with Gasteiger partial charge < -0.3 is 15.0 Å². The lowest BCUT2D eigenvalue weighted by molar-refractivity contribution is -0.139. The van der Waals surface area contributed by atoms with E-state index in [0.29, 0.717) is 24.6 Å². The number of anilines is 1. The van der Waals surface area contributed by atoms with E-state index in [-0.39, 0.29) is 17.3 Å². The zero-order valence-corrected chi connectivity index (χ0v) is 25.2. The van der Waals surface area contributed by atoms with Crippen LogP contribution in [0.5, 0.6) is 5.75 Å². The zero-order valence-electron chi connectivity index (χ0n) is 23.6. The first-order valence-corrected chi connectivity index (χ1v) is 15.8. The number of nitrogens with one attached hydrogen (secondary N) is 1. The van der Waals surface area contributed by atoms with Gasteiger partial charge in [0.15, 0.2) is 0 Å². The van der Waals surface area contributed by atoms with Crippen molar-refractivity contribution in [1.82, 2.24) is 10.2 Å². The van der Waals surface area contributed by atoms with E-state index in [1.54, 1.807) is 50.2 Å². The normalized spacial score (nSPS) is 11.9. The van der Waals surface area contributed by atoms with Gasteiger partial charge in [-0.25, -0.2) is 8.42 Å². The highest BCUT2D eigenvalue weighted by molar-refractivity contribution is 7.98. The van der Waals surface area contributed by atoms with Gasteiger partial charge in [-0.05, 0) is 88.0 Å². The van der Waals surface area contributed by atoms with Gasteiger partial charge in [-0.15, -0.1) is 11.8 Å². The molecule has 0 unspecified atom stereocenters. The molecule has 0 aliphatic rings. The number of aryl methyl sites for hydroxylation is 1. The van der Waals surface area contributed by atoms with Crippen molar-refractivity contribution in [3.63, 3.8) is 0 Å². The molecule has 0 aromatic heterocycles. The maximum absolute atomic E-state index is 13.9. The molecular weight excluding hydrogens is 546 g/mol. The van der Waals surface area contributed by atoms with E-state index in [9.17, 15) is 18.0 Å². The minimum atomic E-state index is -4.13. The van der Waals surface area contributed by atoms with E-state index in [1.165, 1.54) is 28.8 Å². The summed E-state index contributed by atoms with van der Waals surface area (Å²) in [5.41, 5.74) is 2.17. The molecule has 0 heterocycles. The zero-order chi connectivity index (χ0) is 29.3. The largest absolute Gasteiger partial charge is 0.494 e. The topological polar surface area (TPSA) is 96.0 Å². The molecule has 0 aliphatic carbocycles. The average molecular weight is 584 g/mol. The number of ether oxygens (including phenoxy) is 1. The number of amides is 2. The number of benzene rings is 3. The first-order valence-electron chi connectivity index (χ1n) is 13.1. The van der Waals surface area contributed by atoms with Crippen LogP contribution in [0, 0.1) is 6.92 Å². The molecule has 8 nitrogen and oxygen atoms in total. The number of thioether (sulfide) groups is 1. The third kappa shape index (κ3) is 7.79. The number of carbonyl (C=O) groups excluding carboxylic acids is 2. The number of nitrogens with zero attached hydrogens (tertiary/aromatic N) is 2. The molecule has 3 aromatic carbocycles. The molecule has 3 aromatic rings. The van der Waals surface area contributed by atoms with Gasteiger partial charge in [0.25, 0.3) is 10.0 Å². The summed E-state index contributed by atoms with van der Waals surface area (Å²) >= 11 is 1.50. The number of hydrogen-bond acceptors (Lipinski definition) is 6. The Kier molecular flexibility index (Phi) is 11.0. The van der Waals surface area contributed by atoms with Crippen LogP contribution in [-0.2, 0) is 26.2 Å². The molecule has 0 radical (unpaired) electrons. The maximum atomic E-state index is 13.9. The smallest absolute Gasteiger partial charge is 0.264 e. The van der Waals surface area contributed by atoms with E-state index in [2.05, 4.69) is 5.32 Å². The Hall–Kier alpha value is -3.50. The van der Waals surface area contributed by atoms with Crippen LogP contribution in [0.15, 0.2) is 82.6 Å². The maximum Gasteiger partial charge on any atom is 0.264 e. The van der Waals surface area contributed by atoms with Gasteiger partial charge in [-0.1, -0.05) is 29.8 Å². The monoisotopic (exact) mass is 583 g/mol. The summed E-state index contributed by atoms with van der Waals surface area (Å²) in [4.78, 5) is 29.2. The van der Waals surface area contributed by atoms with Crippen molar-refractivity contribution in [2.75, 3.05) is 30.3 Å². The molecule has 0 fully saturated rings. The highest BCUT2D eigenvalue weighted by Crippen LogP contribution is 2.28. The van der Waals surface area contributed by atoms with Crippen molar-refractivity contribution in [1.29, 1.82) is 0 Å². The summed E-state index contributed by atoms with van der Waals surface area (Å²) in [5.74, 6) is -0.227. The van der Waals surface area contributed by atoms with Gasteiger partial charge >= 0.3 is 0 Å². The molecule has 2 amide bonds. The van der Waals surface area contributed by atoms with Crippen LogP contribution in [-0.4, -0.2) is 57.1 Å². The van der Waals surface area contributed by atoms with E-state index in [4.69, 9.17) is 4.74 Å². The molecule has 0 spiro atoms. The van der Waals surface area contributed by atoms with Crippen LogP contribution in [0.3, 0.4) is 0 Å². The molecule has 3 rings (SSSR count). The van der Waals surface area contributed by atoms with Crippen molar-refractivity contribution in [2.45, 2.75) is 50.1 Å². The Labute approximate surface area is 241 Å². The Balaban J connectivity index is 2.03. The SMILES string of the molecule is CCNC(=O)[C@@H](C)N(Cc1cccc(C)c1)C(=O)CN(c1ccc(OCC)cc1)S(=O)(=O)c1ccc(SC)cc1. The van der Waals surface area contributed by atoms with E-state index in [0.717, 1.165) is 20.3 Å². The predicted octanol–water partition coefficient (Wildman–Crippen LogP) is 4.86. The van der Waals surface area contributed by atoms with Crippen molar-refractivity contribution in [3.05, 3.63) is 83.9 Å². The second-order valence-corrected chi connectivity index (χ2v) is 11.9. The third-order valence-corrected chi connectivity index (χ3v) is 8.85. The Morgan fingerprint density at radius 1 is 1.00 bits per heavy atom. The average Bonchev–Trinajstić information content (AvgIpc) is 2.95. The van der Waals surface area contributed by atoms with E-state index < -0.39 is 28.5 Å². The molecule has 0 saturated heterocycles. The summed E-state index contributed by atoms with van der Waals surface area (Å²) in [7, 11) is -4.13. The van der Waals surface area contributed by atoms with Crippen molar-refractivity contribution < 1.29 is 22.7 Å². The number of carbonyl (C=O) groups is 2. The Bertz CT molecular complexity index is 1390. The summed E-state index contributed by atoms with van der Waals surface area (Å²) < 4.78 is 34.5. The van der Waals surface area contributed by atoms with Crippen molar-refractivity contribution in [2.24, 2.45) is 0 Å². The van der Waals surface area contributed by atoms with Gasteiger partial charge in [0, 0.05) is 18.0 Å². The van der Waals surface area contributed by atoms with E-state index in [1.807, 2.05) is 44.4 Å². The van der Waals surface area contributed by atoms with E-state index >= 15 is 0 Å². The first kappa shape index (κ1) is 31.0. The molecule has 10 heteroatoms. The van der Waals surface area contributed by atoms with Crippen LogP contribution in [0.1, 0.15) is 31.9 Å². The third-order valence-electron chi connectivity index (χ3n) is 6.32. The van der Waals surface area contributed by atoms with Crippen LogP contribution in [0.2, 0.25) is 0 Å². The lowest BCUT2D eigenvalue weighted by Crippen LogP contribution is -2.51. The lowest BCUT2D eigenvalue weighted by Gasteiger charge is -2.32. The molecule has 0 bridgehead atoms. The van der Waals surface area contributed by atoms with Crippen LogP contribution in [0.4, 0.5) is 5.69 Å². The van der Waals surface area contributed by atoms with Crippen LogP contribution < -0.4 is 14.4 Å². The molecule has 214 valence electrons.